The molecule has 0 amide bonds. The van der Waals surface area contributed by atoms with E-state index in [-0.39, 0.29) is 0 Å². The number of anilines is 1. The maximum atomic E-state index is 4.87. The van der Waals surface area contributed by atoms with E-state index in [9.17, 15) is 0 Å². The van der Waals surface area contributed by atoms with E-state index in [1.807, 2.05) is 0 Å². The van der Waals surface area contributed by atoms with Crippen molar-refractivity contribution in [1.29, 1.82) is 0 Å². The number of nitrogens with zero attached hydrogens (tertiary/aromatic N) is 2. The van der Waals surface area contributed by atoms with Crippen LogP contribution in [0.1, 0.15) is 58.8 Å². The first kappa shape index (κ1) is 17.3. The summed E-state index contributed by atoms with van der Waals surface area (Å²) in [5.74, 6) is 2.65. The van der Waals surface area contributed by atoms with Crippen molar-refractivity contribution in [3.8, 4) is 0 Å². The fraction of sp³-hybridized carbons (Fsp3) is 0.667. The number of hydrogen-bond donors (Lipinski definition) is 1. The lowest BCUT2D eigenvalue weighted by Gasteiger charge is -2.32. The molecule has 0 bridgehead atoms. The van der Waals surface area contributed by atoms with E-state index in [0.717, 1.165) is 30.0 Å². The van der Waals surface area contributed by atoms with Crippen LogP contribution in [0, 0.1) is 11.8 Å². The summed E-state index contributed by atoms with van der Waals surface area (Å²) in [5, 5.41) is 3.58. The number of guanidine groups is 1. The molecule has 1 aromatic carbocycles. The van der Waals surface area contributed by atoms with Crippen LogP contribution in [0.5, 0.6) is 0 Å². The molecule has 0 radical (unpaired) electrons. The molecule has 3 heteroatoms. The van der Waals surface area contributed by atoms with Gasteiger partial charge in [-0.1, -0.05) is 57.7 Å². The van der Waals surface area contributed by atoms with E-state index in [4.69, 9.17) is 4.99 Å². The number of rotatable bonds is 5. The molecule has 1 fully saturated rings. The smallest absolute Gasteiger partial charge is 0.198 e. The average molecular weight is 328 g/mol. The van der Waals surface area contributed by atoms with Crippen molar-refractivity contribution in [2.45, 2.75) is 64.8 Å². The first-order chi connectivity index (χ1) is 11.7. The Morgan fingerprint density at radius 3 is 2.46 bits per heavy atom. The molecule has 0 spiro atoms. The molecule has 1 N–H and O–H groups in total. The lowest BCUT2D eigenvalue weighted by Crippen LogP contribution is -2.43. The SMILES string of the molecule is CC(C)C[C@H]1CN=C(Nc2ccccc2)N1CC1CCCCCC1. The van der Waals surface area contributed by atoms with Crippen molar-refractivity contribution >= 4 is 11.6 Å². The van der Waals surface area contributed by atoms with Gasteiger partial charge in [0.1, 0.15) is 0 Å². The molecule has 1 atom stereocenters. The van der Waals surface area contributed by atoms with E-state index in [1.54, 1.807) is 0 Å². The van der Waals surface area contributed by atoms with Crippen molar-refractivity contribution in [2.75, 3.05) is 18.4 Å². The molecule has 1 saturated carbocycles. The normalized spacial score (nSPS) is 22.5. The van der Waals surface area contributed by atoms with Gasteiger partial charge in [-0.3, -0.25) is 4.99 Å². The topological polar surface area (TPSA) is 27.6 Å². The van der Waals surface area contributed by atoms with E-state index < -0.39 is 0 Å². The Bertz CT molecular complexity index is 515. The van der Waals surface area contributed by atoms with Crippen LogP contribution < -0.4 is 5.32 Å². The molecule has 0 aromatic heterocycles. The minimum absolute atomic E-state index is 0.569. The highest BCUT2D eigenvalue weighted by atomic mass is 15.4. The Balaban J connectivity index is 1.68. The van der Waals surface area contributed by atoms with E-state index in [1.165, 1.54) is 51.5 Å². The molecule has 3 rings (SSSR count). The molecule has 24 heavy (non-hydrogen) atoms. The summed E-state index contributed by atoms with van der Waals surface area (Å²) in [6.45, 7) is 6.77. The summed E-state index contributed by atoms with van der Waals surface area (Å²) < 4.78 is 0. The van der Waals surface area contributed by atoms with Gasteiger partial charge in [-0.15, -0.1) is 0 Å². The van der Waals surface area contributed by atoms with Gasteiger partial charge in [0, 0.05) is 12.2 Å². The Morgan fingerprint density at radius 2 is 1.79 bits per heavy atom. The quantitative estimate of drug-likeness (QED) is 0.757. The van der Waals surface area contributed by atoms with Crippen molar-refractivity contribution in [2.24, 2.45) is 16.8 Å². The van der Waals surface area contributed by atoms with E-state index >= 15 is 0 Å². The number of para-hydroxylation sites is 1. The minimum Gasteiger partial charge on any atom is -0.338 e. The van der Waals surface area contributed by atoms with Gasteiger partial charge in [-0.25, -0.2) is 0 Å². The van der Waals surface area contributed by atoms with Gasteiger partial charge in [0.2, 0.25) is 0 Å². The van der Waals surface area contributed by atoms with Crippen LogP contribution in [0.2, 0.25) is 0 Å². The zero-order valence-electron chi connectivity index (χ0n) is 15.4. The maximum absolute atomic E-state index is 4.87. The van der Waals surface area contributed by atoms with Gasteiger partial charge in [0.05, 0.1) is 12.6 Å². The fourth-order valence-corrected chi connectivity index (χ4v) is 4.12. The third-order valence-electron chi connectivity index (χ3n) is 5.37. The number of hydrogen-bond acceptors (Lipinski definition) is 3. The van der Waals surface area contributed by atoms with E-state index in [0.29, 0.717) is 6.04 Å². The van der Waals surface area contributed by atoms with Crippen molar-refractivity contribution in [3.63, 3.8) is 0 Å². The maximum Gasteiger partial charge on any atom is 0.198 e. The summed E-state index contributed by atoms with van der Waals surface area (Å²) in [6, 6.07) is 11.1. The van der Waals surface area contributed by atoms with Crippen LogP contribution in [-0.2, 0) is 0 Å². The fourth-order valence-electron chi connectivity index (χ4n) is 4.12. The number of nitrogens with one attached hydrogen (secondary N) is 1. The molecule has 1 aliphatic carbocycles. The molecule has 1 heterocycles. The van der Waals surface area contributed by atoms with Crippen LogP contribution in [0.15, 0.2) is 35.3 Å². The molecule has 0 saturated heterocycles. The highest BCUT2D eigenvalue weighted by Crippen LogP contribution is 2.27. The molecule has 0 unspecified atom stereocenters. The largest absolute Gasteiger partial charge is 0.338 e. The zero-order chi connectivity index (χ0) is 16.8. The minimum atomic E-state index is 0.569. The molecular weight excluding hydrogens is 294 g/mol. The van der Waals surface area contributed by atoms with Crippen LogP contribution in [-0.4, -0.2) is 30.0 Å². The summed E-state index contributed by atoms with van der Waals surface area (Å²) in [7, 11) is 0. The average Bonchev–Trinajstić information content (AvgIpc) is 2.77. The Labute approximate surface area is 147 Å². The highest BCUT2D eigenvalue weighted by Gasteiger charge is 2.30. The second-order valence-corrected chi connectivity index (χ2v) is 7.95. The predicted molar refractivity (Wildman–Crippen MR) is 104 cm³/mol. The number of benzene rings is 1. The standard InChI is InChI=1S/C21H33N3/c1-17(2)14-20-15-22-21(23-19-12-8-5-9-13-19)24(20)16-18-10-6-3-4-7-11-18/h5,8-9,12-13,17-18,20H,3-4,6-7,10-11,14-16H2,1-2H3,(H,22,23)/t20-/m0/s1. The van der Waals surface area contributed by atoms with E-state index in [2.05, 4.69) is 54.4 Å². The second-order valence-electron chi connectivity index (χ2n) is 7.95. The zero-order valence-corrected chi connectivity index (χ0v) is 15.4. The molecule has 2 aliphatic rings. The van der Waals surface area contributed by atoms with Crippen molar-refractivity contribution in [3.05, 3.63) is 30.3 Å². The van der Waals surface area contributed by atoms with Crippen molar-refractivity contribution in [1.82, 2.24) is 4.90 Å². The third kappa shape index (κ3) is 4.75. The summed E-state index contributed by atoms with van der Waals surface area (Å²) in [6.07, 6.45) is 9.69. The van der Waals surface area contributed by atoms with Crippen LogP contribution in [0.4, 0.5) is 5.69 Å². The van der Waals surface area contributed by atoms with Gasteiger partial charge in [-0.2, -0.15) is 0 Å². The molecule has 132 valence electrons. The summed E-state index contributed by atoms with van der Waals surface area (Å²) in [4.78, 5) is 7.45. The van der Waals surface area contributed by atoms with Gasteiger partial charge in [0.25, 0.3) is 0 Å². The first-order valence-corrected chi connectivity index (χ1v) is 9.85. The third-order valence-corrected chi connectivity index (χ3v) is 5.37. The van der Waals surface area contributed by atoms with Crippen molar-refractivity contribution < 1.29 is 0 Å². The van der Waals surface area contributed by atoms with Crippen LogP contribution >= 0.6 is 0 Å². The highest BCUT2D eigenvalue weighted by molar-refractivity contribution is 5.95. The molecule has 3 nitrogen and oxygen atoms in total. The molecule has 1 aromatic rings. The number of aliphatic imine (C=N–C) groups is 1. The van der Waals surface area contributed by atoms with Crippen LogP contribution in [0.25, 0.3) is 0 Å². The Kier molecular flexibility index (Phi) is 6.17. The Hall–Kier alpha value is -1.51. The predicted octanol–water partition coefficient (Wildman–Crippen LogP) is 5.16. The van der Waals surface area contributed by atoms with Gasteiger partial charge < -0.3 is 10.2 Å². The Morgan fingerprint density at radius 1 is 1.08 bits per heavy atom. The molecular formula is C21H33N3. The molecule has 1 aliphatic heterocycles. The van der Waals surface area contributed by atoms with Crippen LogP contribution in [0.3, 0.4) is 0 Å². The monoisotopic (exact) mass is 327 g/mol. The van der Waals surface area contributed by atoms with Gasteiger partial charge in [-0.05, 0) is 43.2 Å². The summed E-state index contributed by atoms with van der Waals surface area (Å²) >= 11 is 0. The first-order valence-electron chi connectivity index (χ1n) is 9.85. The lowest BCUT2D eigenvalue weighted by atomic mass is 9.97. The lowest BCUT2D eigenvalue weighted by molar-refractivity contribution is 0.247. The van der Waals surface area contributed by atoms with Gasteiger partial charge >= 0.3 is 0 Å². The summed E-state index contributed by atoms with van der Waals surface area (Å²) in [5.41, 5.74) is 1.15. The second kappa shape index (κ2) is 8.55. The van der Waals surface area contributed by atoms with Gasteiger partial charge in [0.15, 0.2) is 5.96 Å².